The molecular formula is C29H28N6. The summed E-state index contributed by atoms with van der Waals surface area (Å²) in [4.78, 5) is 13.6. The number of rotatable bonds is 5. The van der Waals surface area contributed by atoms with Crippen molar-refractivity contribution in [3.63, 3.8) is 0 Å². The van der Waals surface area contributed by atoms with Crippen LogP contribution in [0.25, 0.3) is 16.6 Å². The van der Waals surface area contributed by atoms with E-state index in [1.807, 2.05) is 12.1 Å². The largest absolute Gasteiger partial charge is 0.383 e. The van der Waals surface area contributed by atoms with E-state index in [2.05, 4.69) is 80.6 Å². The summed E-state index contributed by atoms with van der Waals surface area (Å²) in [5, 5.41) is 4.52. The highest BCUT2D eigenvalue weighted by Gasteiger charge is 2.21. The van der Waals surface area contributed by atoms with Gasteiger partial charge in [0.2, 0.25) is 5.95 Å². The Morgan fingerprint density at radius 2 is 1.74 bits per heavy atom. The number of benzene rings is 2. The summed E-state index contributed by atoms with van der Waals surface area (Å²) in [7, 11) is 0. The fraction of sp³-hybridized carbons (Fsp3) is 0.207. The maximum atomic E-state index is 6.42. The summed E-state index contributed by atoms with van der Waals surface area (Å²) >= 11 is 0. The third-order valence-electron chi connectivity index (χ3n) is 6.97. The lowest BCUT2D eigenvalue weighted by molar-refractivity contribution is 0.461. The molecule has 1 aliphatic carbocycles. The standard InChI is InChI=1S/C29H28N6/c30-28-25-9-6-21(18-20-4-2-1-3-5-20)7-10-26(25)33-29(34-28)32-23-8-11-27-22(19-23)14-17-35(27)24-12-15-31-16-13-24/h1-5,8,11-17,19,21H,6-7,9-10,18H2,(H3,30,32,33,34). The number of aromatic nitrogens is 4. The van der Waals surface area contributed by atoms with Crippen molar-refractivity contribution >= 4 is 28.4 Å². The molecule has 2 aromatic carbocycles. The summed E-state index contributed by atoms with van der Waals surface area (Å²) in [6, 6.07) is 23.2. The van der Waals surface area contributed by atoms with Crippen molar-refractivity contribution in [1.82, 2.24) is 19.5 Å². The molecule has 6 nitrogen and oxygen atoms in total. The summed E-state index contributed by atoms with van der Waals surface area (Å²) in [6.45, 7) is 0. The third kappa shape index (κ3) is 4.47. The Bertz CT molecular complexity index is 1460. The monoisotopic (exact) mass is 460 g/mol. The number of hydrogen-bond donors (Lipinski definition) is 2. The van der Waals surface area contributed by atoms with E-state index in [4.69, 9.17) is 10.7 Å². The summed E-state index contributed by atoms with van der Waals surface area (Å²) in [5.74, 6) is 1.80. The van der Waals surface area contributed by atoms with Crippen LogP contribution in [0, 0.1) is 5.92 Å². The normalized spacial score (nSPS) is 15.5. The van der Waals surface area contributed by atoms with Crippen molar-refractivity contribution in [3.8, 4) is 5.69 Å². The number of fused-ring (bicyclic) bond motifs is 2. The van der Waals surface area contributed by atoms with Gasteiger partial charge in [-0.15, -0.1) is 0 Å². The number of hydrogen-bond acceptors (Lipinski definition) is 5. The Balaban J connectivity index is 1.21. The quantitative estimate of drug-likeness (QED) is 0.320. The Labute approximate surface area is 204 Å². The van der Waals surface area contributed by atoms with E-state index in [0.717, 1.165) is 65.6 Å². The Morgan fingerprint density at radius 1 is 0.914 bits per heavy atom. The number of nitrogens with zero attached hydrogens (tertiary/aromatic N) is 4. The molecule has 0 radical (unpaired) electrons. The zero-order valence-corrected chi connectivity index (χ0v) is 19.6. The van der Waals surface area contributed by atoms with Crippen LogP contribution >= 0.6 is 0 Å². The molecule has 0 amide bonds. The molecule has 0 spiro atoms. The number of nitrogens with one attached hydrogen (secondary N) is 1. The SMILES string of the molecule is Nc1nc(Nc2ccc3c(ccn3-c3ccncc3)c2)nc2c1CCC(Cc1ccccc1)CC2. The highest BCUT2D eigenvalue weighted by atomic mass is 15.1. The molecular weight excluding hydrogens is 432 g/mol. The number of nitrogens with two attached hydrogens (primary N) is 1. The molecule has 5 aromatic rings. The molecule has 0 aliphatic heterocycles. The zero-order valence-electron chi connectivity index (χ0n) is 19.6. The van der Waals surface area contributed by atoms with Crippen molar-refractivity contribution in [1.29, 1.82) is 0 Å². The molecule has 0 bridgehead atoms. The minimum Gasteiger partial charge on any atom is -0.383 e. The first kappa shape index (κ1) is 21.4. The van der Waals surface area contributed by atoms with Crippen LogP contribution < -0.4 is 11.1 Å². The predicted octanol–water partition coefficient (Wildman–Crippen LogP) is 5.88. The molecule has 3 heterocycles. The molecule has 1 unspecified atom stereocenters. The van der Waals surface area contributed by atoms with Crippen LogP contribution in [-0.2, 0) is 19.3 Å². The van der Waals surface area contributed by atoms with Gasteiger partial charge < -0.3 is 15.6 Å². The minimum absolute atomic E-state index is 0.565. The average molecular weight is 461 g/mol. The van der Waals surface area contributed by atoms with Crippen LogP contribution in [0.3, 0.4) is 0 Å². The molecule has 0 saturated carbocycles. The number of nitrogen functional groups attached to an aromatic ring is 1. The van der Waals surface area contributed by atoms with E-state index in [1.165, 1.54) is 5.56 Å². The topological polar surface area (TPSA) is 81.6 Å². The molecule has 174 valence electrons. The Kier molecular flexibility index (Phi) is 5.62. The molecule has 35 heavy (non-hydrogen) atoms. The van der Waals surface area contributed by atoms with Crippen molar-refractivity contribution in [3.05, 3.63) is 102 Å². The lowest BCUT2D eigenvalue weighted by Gasteiger charge is -2.13. The fourth-order valence-corrected chi connectivity index (χ4v) is 5.15. The smallest absolute Gasteiger partial charge is 0.229 e. The van der Waals surface area contributed by atoms with Gasteiger partial charge in [0, 0.05) is 40.9 Å². The first-order valence-electron chi connectivity index (χ1n) is 12.2. The second kappa shape index (κ2) is 9.22. The van der Waals surface area contributed by atoms with E-state index >= 15 is 0 Å². The molecule has 1 atom stereocenters. The van der Waals surface area contributed by atoms with Crippen LogP contribution in [0.2, 0.25) is 0 Å². The molecule has 0 saturated heterocycles. The summed E-state index contributed by atoms with van der Waals surface area (Å²) in [5.41, 5.74) is 13.2. The van der Waals surface area contributed by atoms with Gasteiger partial charge >= 0.3 is 0 Å². The van der Waals surface area contributed by atoms with Crippen LogP contribution in [0.15, 0.2) is 85.3 Å². The van der Waals surface area contributed by atoms with Gasteiger partial charge in [0.15, 0.2) is 0 Å². The van der Waals surface area contributed by atoms with Gasteiger partial charge in [0.25, 0.3) is 0 Å². The molecule has 6 rings (SSSR count). The first-order valence-corrected chi connectivity index (χ1v) is 12.2. The van der Waals surface area contributed by atoms with Gasteiger partial charge in [-0.1, -0.05) is 30.3 Å². The number of anilines is 3. The number of aryl methyl sites for hydroxylation is 1. The van der Waals surface area contributed by atoms with Crippen LogP contribution in [0.5, 0.6) is 0 Å². The predicted molar refractivity (Wildman–Crippen MR) is 141 cm³/mol. The summed E-state index contributed by atoms with van der Waals surface area (Å²) < 4.78 is 2.16. The Hall–Kier alpha value is -4.19. The van der Waals surface area contributed by atoms with Crippen LogP contribution in [0.4, 0.5) is 17.5 Å². The maximum absolute atomic E-state index is 6.42. The molecule has 6 heteroatoms. The third-order valence-corrected chi connectivity index (χ3v) is 6.97. The van der Waals surface area contributed by atoms with Gasteiger partial charge in [0.1, 0.15) is 5.82 Å². The van der Waals surface area contributed by atoms with Gasteiger partial charge in [0.05, 0.1) is 11.2 Å². The average Bonchev–Trinajstić information content (AvgIpc) is 3.20. The number of pyridine rings is 1. The van der Waals surface area contributed by atoms with E-state index < -0.39 is 0 Å². The molecule has 3 N–H and O–H groups in total. The highest BCUT2D eigenvalue weighted by molar-refractivity contribution is 5.86. The van der Waals surface area contributed by atoms with E-state index in [0.29, 0.717) is 17.7 Å². The molecule has 3 aromatic heterocycles. The van der Waals surface area contributed by atoms with E-state index in [1.54, 1.807) is 12.4 Å². The fourth-order valence-electron chi connectivity index (χ4n) is 5.15. The molecule has 1 aliphatic rings. The van der Waals surface area contributed by atoms with Crippen molar-refractivity contribution in [2.75, 3.05) is 11.1 Å². The maximum Gasteiger partial charge on any atom is 0.229 e. The highest BCUT2D eigenvalue weighted by Crippen LogP contribution is 2.30. The van der Waals surface area contributed by atoms with Crippen molar-refractivity contribution in [2.45, 2.75) is 32.1 Å². The van der Waals surface area contributed by atoms with E-state index in [-0.39, 0.29) is 0 Å². The van der Waals surface area contributed by atoms with Gasteiger partial charge in [-0.2, -0.15) is 4.98 Å². The van der Waals surface area contributed by atoms with E-state index in [9.17, 15) is 0 Å². The minimum atomic E-state index is 0.565. The van der Waals surface area contributed by atoms with Gasteiger partial charge in [-0.25, -0.2) is 4.98 Å². The second-order valence-electron chi connectivity index (χ2n) is 9.28. The van der Waals surface area contributed by atoms with Gasteiger partial charge in [-0.05, 0) is 80.0 Å². The zero-order chi connectivity index (χ0) is 23.6. The molecule has 0 fully saturated rings. The van der Waals surface area contributed by atoms with Crippen LogP contribution in [0.1, 0.15) is 29.7 Å². The van der Waals surface area contributed by atoms with Crippen molar-refractivity contribution < 1.29 is 0 Å². The lowest BCUT2D eigenvalue weighted by atomic mass is 9.92. The lowest BCUT2D eigenvalue weighted by Crippen LogP contribution is -2.08. The summed E-state index contributed by atoms with van der Waals surface area (Å²) in [6.07, 6.45) is 10.9. The van der Waals surface area contributed by atoms with Crippen LogP contribution in [-0.4, -0.2) is 19.5 Å². The Morgan fingerprint density at radius 3 is 2.60 bits per heavy atom. The first-order chi connectivity index (χ1) is 17.2. The van der Waals surface area contributed by atoms with Gasteiger partial charge in [-0.3, -0.25) is 4.98 Å². The van der Waals surface area contributed by atoms with Crippen molar-refractivity contribution in [2.24, 2.45) is 5.92 Å². The second-order valence-corrected chi connectivity index (χ2v) is 9.28.